The molecule has 0 aliphatic rings. The van der Waals surface area contributed by atoms with Crippen LogP contribution >= 0.6 is 15.9 Å². The molecule has 0 spiro atoms. The van der Waals surface area contributed by atoms with E-state index in [1.165, 1.54) is 0 Å². The molecule has 0 saturated heterocycles. The number of nitrogens with one attached hydrogen (secondary N) is 2. The fourth-order valence-corrected chi connectivity index (χ4v) is 2.56. The van der Waals surface area contributed by atoms with Crippen LogP contribution in [-0.2, 0) is 4.79 Å². The van der Waals surface area contributed by atoms with Crippen molar-refractivity contribution >= 4 is 27.7 Å². The lowest BCUT2D eigenvalue weighted by Crippen LogP contribution is -2.43. The fourth-order valence-electron chi connectivity index (χ4n) is 2.06. The highest BCUT2D eigenvalue weighted by Gasteiger charge is 2.11. The molecule has 2 rings (SSSR count). The van der Waals surface area contributed by atoms with Gasteiger partial charge in [0.1, 0.15) is 11.5 Å². The van der Waals surface area contributed by atoms with Crippen LogP contribution in [0.2, 0.25) is 0 Å². The summed E-state index contributed by atoms with van der Waals surface area (Å²) >= 11 is 3.40. The summed E-state index contributed by atoms with van der Waals surface area (Å²) in [5.74, 6) is 0.921. The van der Waals surface area contributed by atoms with Gasteiger partial charge in [0.05, 0.1) is 11.1 Å². The Morgan fingerprint density at radius 2 is 1.78 bits per heavy atom. The topological polar surface area (TPSA) is 76.7 Å². The summed E-state index contributed by atoms with van der Waals surface area (Å²) in [6, 6.07) is 14.0. The summed E-state index contributed by atoms with van der Waals surface area (Å²) in [4.78, 5) is 23.9. The van der Waals surface area contributed by atoms with E-state index in [0.717, 1.165) is 6.42 Å². The van der Waals surface area contributed by atoms with Crippen LogP contribution in [0, 0.1) is 5.92 Å². The largest absolute Gasteiger partial charge is 0.492 e. The summed E-state index contributed by atoms with van der Waals surface area (Å²) in [5.41, 5.74) is 5.07. The molecule has 0 unspecified atom stereocenters. The number of hydrogen-bond acceptors (Lipinski definition) is 4. The van der Waals surface area contributed by atoms with Gasteiger partial charge >= 0.3 is 0 Å². The van der Waals surface area contributed by atoms with Crippen molar-refractivity contribution in [3.8, 4) is 11.5 Å². The minimum Gasteiger partial charge on any atom is -0.492 e. The van der Waals surface area contributed by atoms with Gasteiger partial charge in [-0.05, 0) is 58.6 Å². The van der Waals surface area contributed by atoms with Crippen molar-refractivity contribution in [2.24, 2.45) is 5.92 Å². The average molecular weight is 435 g/mol. The number of hydrazine groups is 1. The second kappa shape index (κ2) is 10.6. The zero-order chi connectivity index (χ0) is 19.6. The summed E-state index contributed by atoms with van der Waals surface area (Å²) < 4.78 is 11.7. The Hall–Kier alpha value is -2.54. The number of carbonyl (C=O) groups is 2. The first-order valence-corrected chi connectivity index (χ1v) is 9.44. The second-order valence-corrected chi connectivity index (χ2v) is 7.13. The van der Waals surface area contributed by atoms with Gasteiger partial charge < -0.3 is 9.47 Å². The fraction of sp³-hybridized carbons (Fsp3) is 0.300. The second-order valence-electron chi connectivity index (χ2n) is 6.28. The van der Waals surface area contributed by atoms with Crippen LogP contribution in [0.1, 0.15) is 30.6 Å². The molecule has 7 heteroatoms. The smallest absolute Gasteiger partial charge is 0.276 e. The molecule has 2 amide bonds. The lowest BCUT2D eigenvalue weighted by molar-refractivity contribution is -0.123. The summed E-state index contributed by atoms with van der Waals surface area (Å²) in [5, 5.41) is 0. The van der Waals surface area contributed by atoms with E-state index >= 15 is 0 Å². The highest BCUT2D eigenvalue weighted by molar-refractivity contribution is 9.10. The minimum atomic E-state index is -0.458. The lowest BCUT2D eigenvalue weighted by Gasteiger charge is -2.12. The van der Waals surface area contributed by atoms with Gasteiger partial charge in [0.15, 0.2) is 6.61 Å². The number of carbonyl (C=O) groups excluding carboxylic acids is 2. The Balaban J connectivity index is 1.79. The lowest BCUT2D eigenvalue weighted by atomic mass is 10.1. The van der Waals surface area contributed by atoms with Crippen LogP contribution in [0.5, 0.6) is 11.5 Å². The molecular formula is C20H23BrN2O4. The van der Waals surface area contributed by atoms with Gasteiger partial charge in [0, 0.05) is 5.56 Å². The SMILES string of the molecule is CC(C)CCOc1ccc(C(=O)NNC(=O)COc2ccccc2)cc1Br. The maximum atomic E-state index is 12.2. The molecule has 0 aliphatic carbocycles. The molecule has 2 N–H and O–H groups in total. The van der Waals surface area contributed by atoms with E-state index in [-0.39, 0.29) is 6.61 Å². The van der Waals surface area contributed by atoms with Gasteiger partial charge in [-0.2, -0.15) is 0 Å². The van der Waals surface area contributed by atoms with Crippen LogP contribution in [0.25, 0.3) is 0 Å². The molecule has 0 bridgehead atoms. The van der Waals surface area contributed by atoms with Crippen molar-refractivity contribution in [2.45, 2.75) is 20.3 Å². The number of hydrogen-bond donors (Lipinski definition) is 2. The molecule has 2 aromatic carbocycles. The van der Waals surface area contributed by atoms with E-state index in [1.807, 2.05) is 18.2 Å². The normalized spacial score (nSPS) is 10.4. The molecule has 0 aliphatic heterocycles. The van der Waals surface area contributed by atoms with Gasteiger partial charge in [0.2, 0.25) is 0 Å². The van der Waals surface area contributed by atoms with E-state index in [2.05, 4.69) is 40.6 Å². The summed E-state index contributed by atoms with van der Waals surface area (Å²) in [7, 11) is 0. The van der Waals surface area contributed by atoms with Gasteiger partial charge in [-0.25, -0.2) is 0 Å². The molecule has 0 saturated carbocycles. The average Bonchev–Trinajstić information content (AvgIpc) is 2.66. The Labute approximate surface area is 167 Å². The van der Waals surface area contributed by atoms with Crippen LogP contribution < -0.4 is 20.3 Å². The maximum absolute atomic E-state index is 12.2. The molecule has 6 nitrogen and oxygen atoms in total. The van der Waals surface area contributed by atoms with Gasteiger partial charge in [-0.3, -0.25) is 20.4 Å². The number of halogens is 1. The summed E-state index contributed by atoms with van der Waals surface area (Å²) in [6.45, 7) is 4.67. The minimum absolute atomic E-state index is 0.198. The van der Waals surface area contributed by atoms with Gasteiger partial charge in [-0.15, -0.1) is 0 Å². The molecule has 0 aromatic heterocycles. The number of amides is 2. The number of para-hydroxylation sites is 1. The zero-order valence-corrected chi connectivity index (χ0v) is 16.9. The van der Waals surface area contributed by atoms with Gasteiger partial charge in [0.25, 0.3) is 11.8 Å². The third-order valence-electron chi connectivity index (χ3n) is 3.58. The van der Waals surface area contributed by atoms with E-state index in [4.69, 9.17) is 9.47 Å². The van der Waals surface area contributed by atoms with Crippen molar-refractivity contribution < 1.29 is 19.1 Å². The first kappa shape index (κ1) is 20.8. The quantitative estimate of drug-likeness (QED) is 0.620. The van der Waals surface area contributed by atoms with Crippen molar-refractivity contribution in [3.63, 3.8) is 0 Å². The third kappa shape index (κ3) is 7.30. The first-order valence-electron chi connectivity index (χ1n) is 8.65. The standard InChI is InChI=1S/C20H23BrN2O4/c1-14(2)10-11-26-18-9-8-15(12-17(18)21)20(25)23-22-19(24)13-27-16-6-4-3-5-7-16/h3-9,12,14H,10-11,13H2,1-2H3,(H,22,24)(H,23,25). The van der Waals surface area contributed by atoms with Crippen molar-refractivity contribution in [1.29, 1.82) is 0 Å². The van der Waals surface area contributed by atoms with E-state index in [1.54, 1.807) is 30.3 Å². The molecule has 0 fully saturated rings. The predicted molar refractivity (Wildman–Crippen MR) is 107 cm³/mol. The van der Waals surface area contributed by atoms with E-state index < -0.39 is 11.8 Å². The molecule has 27 heavy (non-hydrogen) atoms. The van der Waals surface area contributed by atoms with Gasteiger partial charge in [-0.1, -0.05) is 32.0 Å². The summed E-state index contributed by atoms with van der Waals surface area (Å²) in [6.07, 6.45) is 0.950. The van der Waals surface area contributed by atoms with Crippen molar-refractivity contribution in [2.75, 3.05) is 13.2 Å². The van der Waals surface area contributed by atoms with E-state index in [0.29, 0.717) is 34.1 Å². The highest BCUT2D eigenvalue weighted by Crippen LogP contribution is 2.26. The Morgan fingerprint density at radius 1 is 1.04 bits per heavy atom. The van der Waals surface area contributed by atoms with E-state index in [9.17, 15) is 9.59 Å². The van der Waals surface area contributed by atoms with Crippen LogP contribution in [0.4, 0.5) is 0 Å². The molecule has 0 radical (unpaired) electrons. The molecular weight excluding hydrogens is 412 g/mol. The first-order chi connectivity index (χ1) is 13.0. The van der Waals surface area contributed by atoms with Crippen molar-refractivity contribution in [1.82, 2.24) is 10.9 Å². The van der Waals surface area contributed by atoms with Crippen LogP contribution in [0.15, 0.2) is 53.0 Å². The Morgan fingerprint density at radius 3 is 2.44 bits per heavy atom. The Kier molecular flexibility index (Phi) is 8.13. The molecule has 144 valence electrons. The number of rotatable bonds is 8. The van der Waals surface area contributed by atoms with Crippen LogP contribution in [0.3, 0.4) is 0 Å². The number of benzene rings is 2. The van der Waals surface area contributed by atoms with Crippen LogP contribution in [-0.4, -0.2) is 25.0 Å². The van der Waals surface area contributed by atoms with Crippen molar-refractivity contribution in [3.05, 3.63) is 58.6 Å². The highest BCUT2D eigenvalue weighted by atomic mass is 79.9. The molecule has 0 heterocycles. The molecule has 0 atom stereocenters. The maximum Gasteiger partial charge on any atom is 0.276 e. The predicted octanol–water partition coefficient (Wildman–Crippen LogP) is 3.71. The Bertz CT molecular complexity index is 766. The number of ether oxygens (including phenoxy) is 2. The zero-order valence-electron chi connectivity index (χ0n) is 15.3. The molecule has 2 aromatic rings. The third-order valence-corrected chi connectivity index (χ3v) is 4.20. The monoisotopic (exact) mass is 434 g/mol.